The number of rotatable bonds is 5. The van der Waals surface area contributed by atoms with Crippen LogP contribution in [-0.4, -0.2) is 39.3 Å². The maximum absolute atomic E-state index is 15.2. The topological polar surface area (TPSA) is 62.1 Å². The molecule has 0 aliphatic carbocycles. The first-order valence-electron chi connectivity index (χ1n) is 11.8. The summed E-state index contributed by atoms with van der Waals surface area (Å²) in [6.07, 6.45) is 1.46. The van der Waals surface area contributed by atoms with Gasteiger partial charge in [0.25, 0.3) is 0 Å². The summed E-state index contributed by atoms with van der Waals surface area (Å²) in [5, 5.41) is 0. The normalized spacial score (nSPS) is 20.9. The molecule has 2 aliphatic rings. The highest BCUT2D eigenvalue weighted by Crippen LogP contribution is 2.46. The van der Waals surface area contributed by atoms with E-state index in [9.17, 15) is 8.78 Å². The third-order valence-electron chi connectivity index (χ3n) is 6.97. The predicted molar refractivity (Wildman–Crippen MR) is 123 cm³/mol. The largest absolute Gasteiger partial charge is 0.434 e. The highest BCUT2D eigenvalue weighted by molar-refractivity contribution is 5.83. The fourth-order valence-corrected chi connectivity index (χ4v) is 5.15. The lowest BCUT2D eigenvalue weighted by Gasteiger charge is -2.27. The quantitative estimate of drug-likeness (QED) is 0.295. The van der Waals surface area contributed by atoms with Gasteiger partial charge in [-0.05, 0) is 12.1 Å². The minimum Gasteiger partial charge on any atom is -0.434 e. The van der Waals surface area contributed by atoms with Crippen molar-refractivity contribution in [2.24, 2.45) is 0 Å². The van der Waals surface area contributed by atoms with Crippen LogP contribution in [0.25, 0.3) is 22.2 Å². The van der Waals surface area contributed by atoms with Crippen LogP contribution < -0.4 is 4.74 Å². The van der Waals surface area contributed by atoms with E-state index in [-0.39, 0.29) is 61.0 Å². The van der Waals surface area contributed by atoms with Gasteiger partial charge in [0.1, 0.15) is 17.4 Å². The second kappa shape index (κ2) is 9.05. The van der Waals surface area contributed by atoms with E-state index in [0.29, 0.717) is 16.6 Å². The average molecular weight is 516 g/mol. The van der Waals surface area contributed by atoms with Gasteiger partial charge >= 0.3 is 6.61 Å². The lowest BCUT2D eigenvalue weighted by atomic mass is 9.95. The molecule has 4 aromatic rings. The summed E-state index contributed by atoms with van der Waals surface area (Å²) >= 11 is 0. The van der Waals surface area contributed by atoms with Gasteiger partial charge in [-0.1, -0.05) is 18.2 Å². The zero-order valence-electron chi connectivity index (χ0n) is 19.4. The van der Waals surface area contributed by atoms with Gasteiger partial charge in [0.05, 0.1) is 30.3 Å². The van der Waals surface area contributed by atoms with Crippen LogP contribution in [0.1, 0.15) is 48.7 Å². The van der Waals surface area contributed by atoms with Crippen LogP contribution in [0.3, 0.4) is 0 Å². The van der Waals surface area contributed by atoms with Crippen LogP contribution in [-0.2, 0) is 10.4 Å². The third-order valence-corrected chi connectivity index (χ3v) is 6.97. The first kappa shape index (κ1) is 23.8. The van der Waals surface area contributed by atoms with Crippen molar-refractivity contribution in [3.05, 3.63) is 71.8 Å². The Morgan fingerprint density at radius 2 is 1.81 bits per heavy atom. The maximum Gasteiger partial charge on any atom is 0.387 e. The number of alkyl halides is 4. The second-order valence-corrected chi connectivity index (χ2v) is 9.17. The van der Waals surface area contributed by atoms with Crippen molar-refractivity contribution < 1.29 is 31.4 Å². The number of nitrogens with zero attached hydrogens (tertiary/aromatic N) is 4. The van der Waals surface area contributed by atoms with Crippen molar-refractivity contribution in [1.82, 2.24) is 19.5 Å². The molecule has 0 amide bonds. The Bertz CT molecular complexity index is 1450. The molecule has 1 fully saturated rings. The zero-order chi connectivity index (χ0) is 25.7. The molecule has 1 unspecified atom stereocenters. The van der Waals surface area contributed by atoms with Crippen molar-refractivity contribution in [2.75, 3.05) is 13.2 Å². The van der Waals surface area contributed by atoms with Crippen LogP contribution in [0.2, 0.25) is 0 Å². The summed E-state index contributed by atoms with van der Waals surface area (Å²) in [4.78, 5) is 12.6. The Morgan fingerprint density at radius 1 is 1.08 bits per heavy atom. The lowest BCUT2D eigenvalue weighted by molar-refractivity contribution is -0.0507. The minimum absolute atomic E-state index is 0.0160. The molecule has 37 heavy (non-hydrogen) atoms. The molecular weight excluding hydrogens is 495 g/mol. The third kappa shape index (κ3) is 4.11. The summed E-state index contributed by atoms with van der Waals surface area (Å²) in [6, 6.07) is 8.18. The fraction of sp³-hybridized carbons (Fsp3) is 0.346. The van der Waals surface area contributed by atoms with E-state index in [1.165, 1.54) is 30.6 Å². The number of benzene rings is 2. The van der Waals surface area contributed by atoms with E-state index in [2.05, 4.69) is 19.7 Å². The van der Waals surface area contributed by atoms with Crippen LogP contribution >= 0.6 is 0 Å². The number of hydrogen-bond donors (Lipinski definition) is 0. The molecule has 2 aromatic carbocycles. The minimum atomic E-state index is -3.05. The Morgan fingerprint density at radius 3 is 2.54 bits per heavy atom. The fourth-order valence-electron chi connectivity index (χ4n) is 5.15. The molecule has 0 bridgehead atoms. The molecule has 6 rings (SSSR count). The van der Waals surface area contributed by atoms with Gasteiger partial charge in [-0.25, -0.2) is 28.1 Å². The van der Waals surface area contributed by atoms with Gasteiger partial charge in [0, 0.05) is 54.4 Å². The number of imidazole rings is 1. The standard InChI is InChI=1S/C26H21F5N4O2/c27-17-10-19-21(9-16(17)14-12-32-24(33-13-14)26(31)5-7-36-8-6-26)35-20(11-18(28)23(35)34-19)15-3-1-2-4-22(15)37-25(29)30/h1-4,9-10,12-13,18,20,25H,5-8,11H2/t18?,20-/m1/s1. The summed E-state index contributed by atoms with van der Waals surface area (Å²) in [6.45, 7) is -2.51. The first-order valence-corrected chi connectivity index (χ1v) is 11.8. The van der Waals surface area contributed by atoms with Crippen molar-refractivity contribution in [3.8, 4) is 16.9 Å². The molecule has 2 atom stereocenters. The van der Waals surface area contributed by atoms with E-state index in [0.717, 1.165) is 0 Å². The van der Waals surface area contributed by atoms with Crippen LogP contribution in [0.5, 0.6) is 5.75 Å². The molecule has 4 heterocycles. The second-order valence-electron chi connectivity index (χ2n) is 9.17. The lowest BCUT2D eigenvalue weighted by Crippen LogP contribution is -2.31. The van der Waals surface area contributed by atoms with E-state index >= 15 is 13.2 Å². The highest BCUT2D eigenvalue weighted by atomic mass is 19.3. The van der Waals surface area contributed by atoms with Crippen molar-refractivity contribution in [3.63, 3.8) is 0 Å². The van der Waals surface area contributed by atoms with Crippen molar-refractivity contribution >= 4 is 11.0 Å². The summed E-state index contributed by atoms with van der Waals surface area (Å²) in [7, 11) is 0. The highest BCUT2D eigenvalue weighted by Gasteiger charge is 2.38. The Labute approximate surface area is 208 Å². The zero-order valence-corrected chi connectivity index (χ0v) is 19.4. The van der Waals surface area contributed by atoms with E-state index in [1.54, 1.807) is 22.8 Å². The first-order chi connectivity index (χ1) is 17.8. The van der Waals surface area contributed by atoms with Gasteiger partial charge in [0.2, 0.25) is 0 Å². The van der Waals surface area contributed by atoms with E-state index in [4.69, 9.17) is 4.74 Å². The van der Waals surface area contributed by atoms with Gasteiger partial charge in [-0.2, -0.15) is 8.78 Å². The maximum atomic E-state index is 15.2. The number of aromatic nitrogens is 4. The van der Waals surface area contributed by atoms with E-state index < -0.39 is 30.3 Å². The summed E-state index contributed by atoms with van der Waals surface area (Å²) in [5.41, 5.74) is -0.270. The predicted octanol–water partition coefficient (Wildman–Crippen LogP) is 6.21. The Balaban J connectivity index is 1.42. The Kier molecular flexibility index (Phi) is 5.82. The van der Waals surface area contributed by atoms with Crippen LogP contribution in [0.4, 0.5) is 22.0 Å². The molecule has 1 saturated heterocycles. The summed E-state index contributed by atoms with van der Waals surface area (Å²) in [5.74, 6) is -0.602. The number of fused-ring (bicyclic) bond motifs is 3. The molecule has 0 radical (unpaired) electrons. The smallest absolute Gasteiger partial charge is 0.387 e. The molecule has 2 aliphatic heterocycles. The molecule has 0 saturated carbocycles. The SMILES string of the molecule is Fc1cc2nc3n(c2cc1-c1cnc(C2(F)CCOCC2)nc1)[C@@H](c1ccccc1OC(F)F)CC3F. The van der Waals surface area contributed by atoms with Gasteiger partial charge in [-0.3, -0.25) is 0 Å². The molecule has 0 spiro atoms. The molecule has 11 heteroatoms. The van der Waals surface area contributed by atoms with Crippen molar-refractivity contribution in [1.29, 1.82) is 0 Å². The average Bonchev–Trinajstić information content (AvgIpc) is 3.41. The molecule has 2 aromatic heterocycles. The molecule has 0 N–H and O–H groups in total. The molecule has 6 nitrogen and oxygen atoms in total. The van der Waals surface area contributed by atoms with Crippen LogP contribution in [0, 0.1) is 5.82 Å². The molecular formula is C26H21F5N4O2. The number of ether oxygens (including phenoxy) is 2. The van der Waals surface area contributed by atoms with Gasteiger partial charge in [0.15, 0.2) is 17.7 Å². The monoisotopic (exact) mass is 516 g/mol. The number of para-hydroxylation sites is 1. The Hall–Kier alpha value is -3.60. The number of halogens is 5. The van der Waals surface area contributed by atoms with Crippen molar-refractivity contribution in [2.45, 2.75) is 43.8 Å². The number of hydrogen-bond acceptors (Lipinski definition) is 5. The summed E-state index contributed by atoms with van der Waals surface area (Å²) < 4.78 is 82.9. The van der Waals surface area contributed by atoms with Gasteiger partial charge in [-0.15, -0.1) is 0 Å². The van der Waals surface area contributed by atoms with Gasteiger partial charge < -0.3 is 14.0 Å². The molecule has 192 valence electrons. The van der Waals surface area contributed by atoms with E-state index in [1.807, 2.05) is 0 Å². The van der Waals surface area contributed by atoms with Crippen LogP contribution in [0.15, 0.2) is 48.8 Å².